The maximum atomic E-state index is 12.3. The average Bonchev–Trinajstić information content (AvgIpc) is 2.67. The molecule has 1 saturated heterocycles. The van der Waals surface area contributed by atoms with Gasteiger partial charge in [0.1, 0.15) is 0 Å². The number of likely N-dealkylation sites (tertiary alicyclic amines) is 1. The predicted octanol–water partition coefficient (Wildman–Crippen LogP) is 3.07. The van der Waals surface area contributed by atoms with Gasteiger partial charge in [0.05, 0.1) is 11.8 Å². The minimum absolute atomic E-state index is 0.00769. The number of nitrogens with zero attached hydrogens (tertiary/aromatic N) is 2. The van der Waals surface area contributed by atoms with Crippen LogP contribution >= 0.6 is 0 Å². The molecule has 1 aromatic heterocycles. The first-order valence-electron chi connectivity index (χ1n) is 8.35. The molecule has 1 amide bonds. The maximum absolute atomic E-state index is 12.3. The number of carbonyl (C=O) groups excluding carboxylic acids is 1. The fourth-order valence-corrected chi connectivity index (χ4v) is 3.09. The molecule has 0 radical (unpaired) electrons. The van der Waals surface area contributed by atoms with Gasteiger partial charge in [0, 0.05) is 25.4 Å². The summed E-state index contributed by atoms with van der Waals surface area (Å²) >= 11 is 0. The molecule has 3 rings (SSSR count). The van der Waals surface area contributed by atoms with Crippen LogP contribution in [-0.4, -0.2) is 34.0 Å². The Labute approximate surface area is 142 Å². The van der Waals surface area contributed by atoms with Crippen molar-refractivity contribution in [3.63, 3.8) is 0 Å². The highest BCUT2D eigenvalue weighted by molar-refractivity contribution is 5.91. The second-order valence-corrected chi connectivity index (χ2v) is 6.11. The molecule has 0 bridgehead atoms. The van der Waals surface area contributed by atoms with Gasteiger partial charge in [-0.2, -0.15) is 0 Å². The standard InChI is InChI=1S/C20H22N2O2/c23-19(10-9-18-8-4-5-13-21-18)22-14-11-17(12-15-22)20(24)16-6-2-1-3-7-16/h1-10,13,17,20,24H,11-12,14-15H2/b10-9+. The lowest BCUT2D eigenvalue weighted by Gasteiger charge is -2.33. The van der Waals surface area contributed by atoms with E-state index in [1.807, 2.05) is 53.4 Å². The third-order valence-corrected chi connectivity index (χ3v) is 4.52. The second-order valence-electron chi connectivity index (χ2n) is 6.11. The van der Waals surface area contributed by atoms with E-state index in [9.17, 15) is 9.90 Å². The molecule has 1 aromatic carbocycles. The van der Waals surface area contributed by atoms with Crippen LogP contribution in [-0.2, 0) is 4.79 Å². The van der Waals surface area contributed by atoms with Crippen molar-refractivity contribution >= 4 is 12.0 Å². The van der Waals surface area contributed by atoms with E-state index in [1.165, 1.54) is 0 Å². The van der Waals surface area contributed by atoms with Crippen LogP contribution < -0.4 is 0 Å². The summed E-state index contributed by atoms with van der Waals surface area (Å²) < 4.78 is 0. The molecule has 1 aliphatic heterocycles. The third-order valence-electron chi connectivity index (χ3n) is 4.52. The largest absolute Gasteiger partial charge is 0.388 e. The third kappa shape index (κ3) is 4.09. The zero-order chi connectivity index (χ0) is 16.8. The molecule has 2 aromatic rings. The van der Waals surface area contributed by atoms with Gasteiger partial charge in [0.15, 0.2) is 0 Å². The predicted molar refractivity (Wildman–Crippen MR) is 94.0 cm³/mol. The monoisotopic (exact) mass is 322 g/mol. The number of benzene rings is 1. The van der Waals surface area contributed by atoms with Gasteiger partial charge in [0.2, 0.25) is 5.91 Å². The van der Waals surface area contributed by atoms with E-state index in [-0.39, 0.29) is 11.8 Å². The normalized spacial score (nSPS) is 17.1. The minimum Gasteiger partial charge on any atom is -0.388 e. The number of hydrogen-bond donors (Lipinski definition) is 1. The first-order valence-corrected chi connectivity index (χ1v) is 8.35. The molecule has 1 fully saturated rings. The number of aromatic nitrogens is 1. The van der Waals surface area contributed by atoms with Gasteiger partial charge in [0.25, 0.3) is 0 Å². The van der Waals surface area contributed by atoms with Crippen molar-refractivity contribution in [2.24, 2.45) is 5.92 Å². The molecule has 4 heteroatoms. The number of hydrogen-bond acceptors (Lipinski definition) is 3. The summed E-state index contributed by atoms with van der Waals surface area (Å²) in [6, 6.07) is 15.4. The molecule has 2 heterocycles. The van der Waals surface area contributed by atoms with E-state index < -0.39 is 6.10 Å². The molecular formula is C20H22N2O2. The Morgan fingerprint density at radius 2 is 1.83 bits per heavy atom. The van der Waals surface area contributed by atoms with E-state index >= 15 is 0 Å². The lowest BCUT2D eigenvalue weighted by Crippen LogP contribution is -2.38. The first-order chi connectivity index (χ1) is 11.7. The summed E-state index contributed by atoms with van der Waals surface area (Å²) in [6.45, 7) is 1.36. The number of aliphatic hydroxyl groups is 1. The van der Waals surface area contributed by atoms with Gasteiger partial charge in [-0.15, -0.1) is 0 Å². The van der Waals surface area contributed by atoms with E-state index in [0.29, 0.717) is 13.1 Å². The number of aliphatic hydroxyl groups excluding tert-OH is 1. The van der Waals surface area contributed by atoms with Crippen LogP contribution in [0.4, 0.5) is 0 Å². The van der Waals surface area contributed by atoms with Crippen molar-refractivity contribution in [2.45, 2.75) is 18.9 Å². The highest BCUT2D eigenvalue weighted by Gasteiger charge is 2.27. The molecule has 4 nitrogen and oxygen atoms in total. The molecule has 0 spiro atoms. The number of carbonyl (C=O) groups is 1. The molecule has 124 valence electrons. The van der Waals surface area contributed by atoms with Crippen molar-refractivity contribution in [3.05, 3.63) is 72.1 Å². The molecule has 1 N–H and O–H groups in total. The zero-order valence-electron chi connectivity index (χ0n) is 13.6. The molecule has 24 heavy (non-hydrogen) atoms. The quantitative estimate of drug-likeness (QED) is 0.880. The number of amides is 1. The molecule has 1 aliphatic rings. The van der Waals surface area contributed by atoms with Crippen LogP contribution in [0.15, 0.2) is 60.8 Å². The van der Waals surface area contributed by atoms with Crippen LogP contribution in [0.25, 0.3) is 6.08 Å². The van der Waals surface area contributed by atoms with Crippen LogP contribution in [0, 0.1) is 5.92 Å². The number of pyridine rings is 1. The fourth-order valence-electron chi connectivity index (χ4n) is 3.09. The van der Waals surface area contributed by atoms with Gasteiger partial charge in [-0.3, -0.25) is 9.78 Å². The highest BCUT2D eigenvalue weighted by Crippen LogP contribution is 2.30. The van der Waals surface area contributed by atoms with Gasteiger partial charge in [-0.1, -0.05) is 36.4 Å². The van der Waals surface area contributed by atoms with Crippen LogP contribution in [0.5, 0.6) is 0 Å². The molecular weight excluding hydrogens is 300 g/mol. The number of rotatable bonds is 4. The summed E-state index contributed by atoms with van der Waals surface area (Å²) in [5.41, 5.74) is 1.73. The van der Waals surface area contributed by atoms with E-state index in [0.717, 1.165) is 24.1 Å². The Balaban J connectivity index is 1.53. The Kier molecular flexibility index (Phi) is 5.39. The first kappa shape index (κ1) is 16.4. The van der Waals surface area contributed by atoms with E-state index in [4.69, 9.17) is 0 Å². The Morgan fingerprint density at radius 3 is 2.50 bits per heavy atom. The van der Waals surface area contributed by atoms with Crippen LogP contribution in [0.2, 0.25) is 0 Å². The van der Waals surface area contributed by atoms with Crippen molar-refractivity contribution in [1.82, 2.24) is 9.88 Å². The van der Waals surface area contributed by atoms with Gasteiger partial charge in [-0.05, 0) is 42.5 Å². The van der Waals surface area contributed by atoms with Crippen molar-refractivity contribution in [3.8, 4) is 0 Å². The second kappa shape index (κ2) is 7.88. The van der Waals surface area contributed by atoms with Gasteiger partial charge in [-0.25, -0.2) is 0 Å². The highest BCUT2D eigenvalue weighted by atomic mass is 16.3. The topological polar surface area (TPSA) is 53.4 Å². The zero-order valence-corrected chi connectivity index (χ0v) is 13.6. The lowest BCUT2D eigenvalue weighted by atomic mass is 9.87. The number of piperidine rings is 1. The molecule has 0 saturated carbocycles. The summed E-state index contributed by atoms with van der Waals surface area (Å²) in [7, 11) is 0. The Bertz CT molecular complexity index is 677. The summed E-state index contributed by atoms with van der Waals surface area (Å²) in [6.07, 6.45) is 6.22. The Morgan fingerprint density at radius 1 is 1.12 bits per heavy atom. The van der Waals surface area contributed by atoms with E-state index in [2.05, 4.69) is 4.98 Å². The van der Waals surface area contributed by atoms with E-state index in [1.54, 1.807) is 18.3 Å². The molecule has 1 atom stereocenters. The minimum atomic E-state index is -0.451. The van der Waals surface area contributed by atoms with Crippen LogP contribution in [0.1, 0.15) is 30.2 Å². The average molecular weight is 322 g/mol. The van der Waals surface area contributed by atoms with Crippen molar-refractivity contribution < 1.29 is 9.90 Å². The van der Waals surface area contributed by atoms with Crippen molar-refractivity contribution in [2.75, 3.05) is 13.1 Å². The summed E-state index contributed by atoms with van der Waals surface area (Å²) in [4.78, 5) is 18.3. The summed E-state index contributed by atoms with van der Waals surface area (Å²) in [5, 5.41) is 10.5. The van der Waals surface area contributed by atoms with Gasteiger partial charge < -0.3 is 10.0 Å². The van der Waals surface area contributed by atoms with Crippen molar-refractivity contribution in [1.29, 1.82) is 0 Å². The van der Waals surface area contributed by atoms with Crippen LogP contribution in [0.3, 0.4) is 0 Å². The SMILES string of the molecule is O=C(/C=C/c1ccccn1)N1CCC(C(O)c2ccccc2)CC1. The Hall–Kier alpha value is -2.46. The summed E-state index contributed by atoms with van der Waals surface area (Å²) in [5.74, 6) is 0.213. The lowest BCUT2D eigenvalue weighted by molar-refractivity contribution is -0.127. The maximum Gasteiger partial charge on any atom is 0.246 e. The van der Waals surface area contributed by atoms with Gasteiger partial charge >= 0.3 is 0 Å². The smallest absolute Gasteiger partial charge is 0.246 e. The molecule has 0 aliphatic carbocycles. The fraction of sp³-hybridized carbons (Fsp3) is 0.300. The molecule has 1 unspecified atom stereocenters.